The topological polar surface area (TPSA) is 137 Å². The maximum absolute atomic E-state index is 12.6. The molecule has 2 heterocycles. The first-order valence-electron chi connectivity index (χ1n) is 10.7. The molecule has 1 aliphatic heterocycles. The van der Waals surface area contributed by atoms with Crippen LogP contribution in [0.4, 0.5) is 16.3 Å². The number of carbonyl (C=O) groups excluding carboxylic acids is 1. The van der Waals surface area contributed by atoms with Crippen LogP contribution >= 0.6 is 0 Å². The van der Waals surface area contributed by atoms with Gasteiger partial charge < -0.3 is 20.3 Å². The number of nitriles is 1. The number of hydrogen-bond donors (Lipinski definition) is 2. The van der Waals surface area contributed by atoms with Gasteiger partial charge in [-0.05, 0) is 44.0 Å². The van der Waals surface area contributed by atoms with Crippen molar-refractivity contribution in [3.05, 3.63) is 36.0 Å². The summed E-state index contributed by atoms with van der Waals surface area (Å²) in [5.41, 5.74) is 1.76. The number of urea groups is 1. The number of aromatic nitrogens is 2. The van der Waals surface area contributed by atoms with Crippen LogP contribution in [-0.4, -0.2) is 63.0 Å². The second-order valence-electron chi connectivity index (χ2n) is 8.36. The van der Waals surface area contributed by atoms with Crippen molar-refractivity contribution < 1.29 is 17.9 Å². The molecule has 1 aromatic heterocycles. The molecule has 2 N–H and O–H groups in total. The van der Waals surface area contributed by atoms with E-state index >= 15 is 0 Å². The molecule has 1 atom stereocenters. The molecule has 0 unspecified atom stereocenters. The van der Waals surface area contributed by atoms with Crippen LogP contribution in [0.15, 0.2) is 30.3 Å². The minimum atomic E-state index is -3.34. The number of ether oxygens (including phenoxy) is 1. The molecule has 2 aliphatic rings. The highest BCUT2D eigenvalue weighted by atomic mass is 32.2. The summed E-state index contributed by atoms with van der Waals surface area (Å²) in [5, 5.41) is 13.6. The van der Waals surface area contributed by atoms with Crippen LogP contribution in [0.1, 0.15) is 25.5 Å². The summed E-state index contributed by atoms with van der Waals surface area (Å²) in [6.07, 6.45) is 2.35. The second kappa shape index (κ2) is 8.96. The van der Waals surface area contributed by atoms with E-state index in [1.54, 1.807) is 30.3 Å². The first kappa shape index (κ1) is 22.9. The molecule has 11 heteroatoms. The molecule has 1 aliphatic carbocycles. The number of nitrogens with one attached hydrogen (secondary N) is 2. The summed E-state index contributed by atoms with van der Waals surface area (Å²) in [7, 11) is -3.34. The Morgan fingerprint density at radius 1 is 1.30 bits per heavy atom. The Labute approximate surface area is 192 Å². The van der Waals surface area contributed by atoms with Gasteiger partial charge in [-0.25, -0.2) is 23.2 Å². The van der Waals surface area contributed by atoms with Gasteiger partial charge in [-0.3, -0.25) is 0 Å². The van der Waals surface area contributed by atoms with Gasteiger partial charge in [0.05, 0.1) is 31.0 Å². The lowest BCUT2D eigenvalue weighted by Gasteiger charge is -2.34. The zero-order chi connectivity index (χ0) is 23.6. The average molecular weight is 471 g/mol. The number of hydrogen-bond acceptors (Lipinski definition) is 8. The van der Waals surface area contributed by atoms with Crippen molar-refractivity contribution in [3.63, 3.8) is 0 Å². The summed E-state index contributed by atoms with van der Waals surface area (Å²) < 4.78 is 29.7. The third-order valence-electron chi connectivity index (χ3n) is 5.98. The molecule has 1 aromatic carbocycles. The van der Waals surface area contributed by atoms with E-state index in [1.165, 1.54) is 6.26 Å². The zero-order valence-corrected chi connectivity index (χ0v) is 19.4. The van der Waals surface area contributed by atoms with Gasteiger partial charge in [0.25, 0.3) is 0 Å². The van der Waals surface area contributed by atoms with Crippen molar-refractivity contribution in [2.75, 3.05) is 42.8 Å². The molecule has 0 radical (unpaired) electrons. The van der Waals surface area contributed by atoms with E-state index in [0.717, 1.165) is 0 Å². The summed E-state index contributed by atoms with van der Waals surface area (Å²) in [6, 6.07) is 10.2. The fourth-order valence-corrected chi connectivity index (χ4v) is 5.27. The predicted octanol–water partition coefficient (Wildman–Crippen LogP) is 2.05. The van der Waals surface area contributed by atoms with Gasteiger partial charge in [0.15, 0.2) is 15.7 Å². The molecule has 4 rings (SSSR count). The van der Waals surface area contributed by atoms with Crippen molar-refractivity contribution in [3.8, 4) is 17.5 Å². The fourth-order valence-electron chi connectivity index (χ4n) is 3.94. The molecule has 33 heavy (non-hydrogen) atoms. The van der Waals surface area contributed by atoms with Crippen LogP contribution in [0, 0.1) is 11.3 Å². The second-order valence-corrected chi connectivity index (χ2v) is 10.7. The third kappa shape index (κ3) is 4.77. The Morgan fingerprint density at radius 2 is 2.03 bits per heavy atom. The molecular weight excluding hydrogens is 444 g/mol. The first-order chi connectivity index (χ1) is 15.7. The Bertz CT molecular complexity index is 1190. The van der Waals surface area contributed by atoms with Gasteiger partial charge in [0.1, 0.15) is 17.1 Å². The van der Waals surface area contributed by atoms with Gasteiger partial charge >= 0.3 is 6.03 Å². The number of benzene rings is 1. The molecular formula is C22H26N6O4S. The number of amides is 2. The van der Waals surface area contributed by atoms with E-state index < -0.39 is 20.6 Å². The molecule has 174 valence electrons. The van der Waals surface area contributed by atoms with Crippen LogP contribution in [0.5, 0.6) is 0 Å². The van der Waals surface area contributed by atoms with E-state index in [0.29, 0.717) is 61.2 Å². The van der Waals surface area contributed by atoms with Gasteiger partial charge in [-0.2, -0.15) is 5.26 Å². The van der Waals surface area contributed by atoms with Gasteiger partial charge in [0, 0.05) is 30.1 Å². The Balaban J connectivity index is 1.69. The Hall–Kier alpha value is -3.23. The quantitative estimate of drug-likeness (QED) is 0.612. The normalized spacial score (nSPS) is 19.4. The smallest absolute Gasteiger partial charge is 0.320 e. The highest BCUT2D eigenvalue weighted by Gasteiger charge is 2.55. The fraction of sp³-hybridized carbons (Fsp3) is 0.455. The summed E-state index contributed by atoms with van der Waals surface area (Å²) in [6.45, 7) is 3.76. The molecule has 0 bridgehead atoms. The maximum atomic E-state index is 12.6. The summed E-state index contributed by atoms with van der Waals surface area (Å²) in [5.74, 6) is 1.11. The molecule has 1 saturated heterocycles. The minimum Gasteiger partial charge on any atom is -0.377 e. The average Bonchev–Trinajstić information content (AvgIpc) is 3.61. The number of sulfone groups is 1. The number of nitrogens with zero attached hydrogens (tertiary/aromatic N) is 4. The monoisotopic (exact) mass is 470 g/mol. The number of anilines is 2. The van der Waals surface area contributed by atoms with Gasteiger partial charge in [-0.1, -0.05) is 0 Å². The first-order valence-corrected chi connectivity index (χ1v) is 12.6. The van der Waals surface area contributed by atoms with E-state index in [-0.39, 0.29) is 12.6 Å². The minimum absolute atomic E-state index is 0.0879. The van der Waals surface area contributed by atoms with E-state index in [1.807, 2.05) is 13.0 Å². The highest BCUT2D eigenvalue weighted by Crippen LogP contribution is 2.52. The zero-order valence-electron chi connectivity index (χ0n) is 18.5. The van der Waals surface area contributed by atoms with Crippen molar-refractivity contribution in [1.29, 1.82) is 5.26 Å². The van der Waals surface area contributed by atoms with Crippen LogP contribution < -0.4 is 15.5 Å². The molecule has 2 fully saturated rings. The van der Waals surface area contributed by atoms with E-state index in [2.05, 4.69) is 20.5 Å². The Morgan fingerprint density at radius 3 is 2.64 bits per heavy atom. The van der Waals surface area contributed by atoms with Crippen LogP contribution in [0.3, 0.4) is 0 Å². The summed E-state index contributed by atoms with van der Waals surface area (Å²) in [4.78, 5) is 23.3. The predicted molar refractivity (Wildman–Crippen MR) is 123 cm³/mol. The molecule has 0 spiro atoms. The molecule has 2 amide bonds. The van der Waals surface area contributed by atoms with Crippen LogP contribution in [-0.2, 0) is 19.3 Å². The van der Waals surface area contributed by atoms with Crippen molar-refractivity contribution >= 4 is 27.4 Å². The number of carbonyl (C=O) groups is 1. The highest BCUT2D eigenvalue weighted by molar-refractivity contribution is 7.91. The molecule has 10 nitrogen and oxygen atoms in total. The third-order valence-corrected chi connectivity index (χ3v) is 8.02. The van der Waals surface area contributed by atoms with Gasteiger partial charge in [-0.15, -0.1) is 0 Å². The van der Waals surface area contributed by atoms with Crippen molar-refractivity contribution in [2.24, 2.45) is 0 Å². The lowest BCUT2D eigenvalue weighted by Crippen LogP contribution is -2.44. The van der Waals surface area contributed by atoms with Crippen LogP contribution in [0.2, 0.25) is 0 Å². The Kier molecular flexibility index (Phi) is 6.23. The molecule has 2 aromatic rings. The summed E-state index contributed by atoms with van der Waals surface area (Å²) >= 11 is 0. The lowest BCUT2D eigenvalue weighted by atomic mass is 10.1. The van der Waals surface area contributed by atoms with Crippen LogP contribution in [0.25, 0.3) is 11.4 Å². The van der Waals surface area contributed by atoms with E-state index in [4.69, 9.17) is 15.0 Å². The maximum Gasteiger partial charge on any atom is 0.320 e. The standard InChI is InChI=1S/C22H26N6O4S/c1-15-14-32-12-11-28(15)19-13-18(22(7-8-22)33(2,30)31)26-20(27-19)16-3-5-17(6-4-16)25-21(29)24-10-9-23/h3-6,13,15H,7-8,10-12,14H2,1-2H3,(H2,24,25,29)/t15-/m0/s1. The number of rotatable bonds is 6. The largest absolute Gasteiger partial charge is 0.377 e. The SMILES string of the molecule is C[C@H]1COCCN1c1cc(C2(S(C)(=O)=O)CC2)nc(-c2ccc(NC(=O)NCC#N)cc2)n1. The van der Waals surface area contributed by atoms with Gasteiger partial charge in [0.2, 0.25) is 0 Å². The molecule has 1 saturated carbocycles. The van der Waals surface area contributed by atoms with E-state index in [9.17, 15) is 13.2 Å². The van der Waals surface area contributed by atoms with Crippen molar-refractivity contribution in [2.45, 2.75) is 30.6 Å². The van der Waals surface area contributed by atoms with Crippen molar-refractivity contribution in [1.82, 2.24) is 15.3 Å². The number of morpholine rings is 1. The lowest BCUT2D eigenvalue weighted by molar-refractivity contribution is 0.0985.